The maximum atomic E-state index is 12.0. The molecule has 0 aliphatic carbocycles. The molecule has 0 unspecified atom stereocenters. The maximum Gasteiger partial charge on any atom is 0.298 e. The molecule has 1 N–H and O–H groups in total. The summed E-state index contributed by atoms with van der Waals surface area (Å²) in [5.74, 6) is -0.0850. The molecule has 1 aliphatic heterocycles. The van der Waals surface area contributed by atoms with Gasteiger partial charge in [-0.15, -0.1) is 0 Å². The first-order valence-electron chi connectivity index (χ1n) is 3.73. The summed E-state index contributed by atoms with van der Waals surface area (Å²) in [6.45, 7) is 1.60. The second-order valence-corrected chi connectivity index (χ2v) is 2.81. The van der Waals surface area contributed by atoms with Crippen molar-refractivity contribution in [3.8, 4) is 0 Å². The Bertz CT molecular complexity index is 270. The number of nitrogens with one attached hydrogen (secondary N) is 1. The maximum absolute atomic E-state index is 12.0. The molecule has 2 rings (SSSR count). The van der Waals surface area contributed by atoms with Gasteiger partial charge in [0.25, 0.3) is 6.43 Å². The van der Waals surface area contributed by atoms with Crippen LogP contribution in [-0.2, 0) is 0 Å². The number of aromatic nitrogens is 1. The smallest absolute Gasteiger partial charge is 0.298 e. The first-order valence-corrected chi connectivity index (χ1v) is 3.73. The highest BCUT2D eigenvalue weighted by Crippen LogP contribution is 2.24. The van der Waals surface area contributed by atoms with Gasteiger partial charge in [-0.05, 0) is 0 Å². The molecule has 5 heteroatoms. The van der Waals surface area contributed by atoms with Crippen LogP contribution in [0, 0.1) is 0 Å². The van der Waals surface area contributed by atoms with Crippen LogP contribution in [0.25, 0.3) is 0 Å². The van der Waals surface area contributed by atoms with Crippen LogP contribution in [0.3, 0.4) is 0 Å². The summed E-state index contributed by atoms with van der Waals surface area (Å²) in [7, 11) is 0. The molecule has 1 saturated heterocycles. The van der Waals surface area contributed by atoms with Crippen molar-refractivity contribution in [2.24, 2.45) is 0 Å². The highest BCUT2D eigenvalue weighted by atomic mass is 19.3. The molecule has 1 aromatic rings. The Hall–Kier alpha value is -0.970. The van der Waals surface area contributed by atoms with Crippen LogP contribution in [0.1, 0.15) is 23.8 Å². The van der Waals surface area contributed by atoms with Gasteiger partial charge in [0, 0.05) is 25.1 Å². The van der Waals surface area contributed by atoms with Gasteiger partial charge < -0.3 is 9.84 Å². The first-order chi connectivity index (χ1) is 5.77. The lowest BCUT2D eigenvalue weighted by molar-refractivity contribution is 0.112. The molecular weight excluding hydrogens is 166 g/mol. The number of rotatable bonds is 2. The highest BCUT2D eigenvalue weighted by Gasteiger charge is 2.24. The topological polar surface area (TPSA) is 38.1 Å². The zero-order valence-corrected chi connectivity index (χ0v) is 6.26. The summed E-state index contributed by atoms with van der Waals surface area (Å²) in [6.07, 6.45) is -2.56. The Labute approximate surface area is 67.7 Å². The quantitative estimate of drug-likeness (QED) is 0.734. The Balaban J connectivity index is 2.12. The average molecular weight is 174 g/mol. The van der Waals surface area contributed by atoms with E-state index in [2.05, 4.69) is 15.0 Å². The molecule has 0 aromatic carbocycles. The van der Waals surface area contributed by atoms with Crippen molar-refractivity contribution >= 4 is 0 Å². The molecule has 0 spiro atoms. The Kier molecular flexibility index (Phi) is 1.80. The lowest BCUT2D eigenvalue weighted by Crippen LogP contribution is -2.40. The summed E-state index contributed by atoms with van der Waals surface area (Å²) < 4.78 is 28.5. The number of halogens is 2. The summed E-state index contributed by atoms with van der Waals surface area (Å²) in [5.41, 5.74) is 0.629. The van der Waals surface area contributed by atoms with E-state index in [9.17, 15) is 8.78 Å². The minimum atomic E-state index is -2.56. The second-order valence-electron chi connectivity index (χ2n) is 2.81. The molecule has 0 atom stereocenters. The molecule has 0 amide bonds. The van der Waals surface area contributed by atoms with Gasteiger partial charge in [-0.1, -0.05) is 5.16 Å². The van der Waals surface area contributed by atoms with E-state index in [1.807, 2.05) is 0 Å². The highest BCUT2D eigenvalue weighted by molar-refractivity contribution is 5.14. The SMILES string of the molecule is FC(F)c1cc(C2CNC2)no1. The van der Waals surface area contributed by atoms with Crippen molar-refractivity contribution in [2.45, 2.75) is 12.3 Å². The second kappa shape index (κ2) is 2.82. The fourth-order valence-corrected chi connectivity index (χ4v) is 1.10. The van der Waals surface area contributed by atoms with Crippen molar-refractivity contribution < 1.29 is 13.3 Å². The van der Waals surface area contributed by atoms with Gasteiger partial charge in [0.2, 0.25) is 5.76 Å². The van der Waals surface area contributed by atoms with Gasteiger partial charge in [-0.25, -0.2) is 8.78 Å². The van der Waals surface area contributed by atoms with Crippen molar-refractivity contribution in [1.29, 1.82) is 0 Å². The van der Waals surface area contributed by atoms with Crippen LogP contribution in [0.4, 0.5) is 8.78 Å². The van der Waals surface area contributed by atoms with E-state index in [1.165, 1.54) is 6.07 Å². The van der Waals surface area contributed by atoms with E-state index in [4.69, 9.17) is 0 Å². The minimum Gasteiger partial charge on any atom is -0.355 e. The van der Waals surface area contributed by atoms with Crippen LogP contribution >= 0.6 is 0 Å². The summed E-state index contributed by atoms with van der Waals surface area (Å²) >= 11 is 0. The average Bonchev–Trinajstić information content (AvgIpc) is 2.32. The third-order valence-electron chi connectivity index (χ3n) is 1.96. The summed E-state index contributed by atoms with van der Waals surface area (Å²) in [5, 5.41) is 6.59. The molecule has 0 saturated carbocycles. The molecule has 1 aromatic heterocycles. The molecule has 2 heterocycles. The number of hydrogen-bond donors (Lipinski definition) is 1. The molecule has 0 bridgehead atoms. The van der Waals surface area contributed by atoms with E-state index in [1.54, 1.807) is 0 Å². The van der Waals surface area contributed by atoms with Crippen molar-refractivity contribution in [1.82, 2.24) is 10.5 Å². The largest absolute Gasteiger partial charge is 0.355 e. The van der Waals surface area contributed by atoms with E-state index in [0.29, 0.717) is 5.69 Å². The fraction of sp³-hybridized carbons (Fsp3) is 0.571. The Morgan fingerprint density at radius 3 is 2.75 bits per heavy atom. The monoisotopic (exact) mass is 174 g/mol. The Morgan fingerprint density at radius 1 is 1.58 bits per heavy atom. The third-order valence-corrected chi connectivity index (χ3v) is 1.96. The predicted molar refractivity (Wildman–Crippen MR) is 37.1 cm³/mol. The van der Waals surface area contributed by atoms with E-state index < -0.39 is 6.43 Å². The van der Waals surface area contributed by atoms with Gasteiger partial charge in [0.05, 0.1) is 5.69 Å². The van der Waals surface area contributed by atoms with Gasteiger partial charge >= 0.3 is 0 Å². The predicted octanol–water partition coefficient (Wildman–Crippen LogP) is 1.30. The normalized spacial score (nSPS) is 18.2. The molecule has 0 radical (unpaired) electrons. The number of nitrogens with zero attached hydrogens (tertiary/aromatic N) is 1. The van der Waals surface area contributed by atoms with Crippen LogP contribution < -0.4 is 5.32 Å². The fourth-order valence-electron chi connectivity index (χ4n) is 1.10. The van der Waals surface area contributed by atoms with Crippen LogP contribution in [0.2, 0.25) is 0 Å². The van der Waals surface area contributed by atoms with Crippen molar-refractivity contribution in [2.75, 3.05) is 13.1 Å². The van der Waals surface area contributed by atoms with E-state index >= 15 is 0 Å². The molecule has 12 heavy (non-hydrogen) atoms. The summed E-state index contributed by atoms with van der Waals surface area (Å²) in [6, 6.07) is 1.33. The van der Waals surface area contributed by atoms with Crippen LogP contribution in [0.5, 0.6) is 0 Å². The molecular formula is C7H8F2N2O. The zero-order valence-electron chi connectivity index (χ0n) is 6.26. The standard InChI is InChI=1S/C7H8F2N2O/c8-7(9)6-1-5(11-12-6)4-2-10-3-4/h1,4,7,10H,2-3H2. The van der Waals surface area contributed by atoms with Crippen molar-refractivity contribution in [3.63, 3.8) is 0 Å². The van der Waals surface area contributed by atoms with E-state index in [-0.39, 0.29) is 11.7 Å². The molecule has 1 fully saturated rings. The molecule has 1 aliphatic rings. The Morgan fingerprint density at radius 2 is 2.33 bits per heavy atom. The van der Waals surface area contributed by atoms with Gasteiger partial charge in [0.15, 0.2) is 0 Å². The minimum absolute atomic E-state index is 0.251. The van der Waals surface area contributed by atoms with Gasteiger partial charge in [0.1, 0.15) is 0 Å². The van der Waals surface area contributed by atoms with Crippen LogP contribution in [0.15, 0.2) is 10.6 Å². The van der Waals surface area contributed by atoms with Crippen LogP contribution in [-0.4, -0.2) is 18.2 Å². The van der Waals surface area contributed by atoms with Gasteiger partial charge in [-0.2, -0.15) is 0 Å². The number of hydrogen-bond acceptors (Lipinski definition) is 3. The summed E-state index contributed by atoms with van der Waals surface area (Å²) in [4.78, 5) is 0. The molecule has 66 valence electrons. The van der Waals surface area contributed by atoms with E-state index in [0.717, 1.165) is 13.1 Å². The number of alkyl halides is 2. The lowest BCUT2D eigenvalue weighted by Gasteiger charge is -2.24. The third kappa shape index (κ3) is 1.20. The van der Waals surface area contributed by atoms with Gasteiger partial charge in [-0.3, -0.25) is 0 Å². The lowest BCUT2D eigenvalue weighted by atomic mass is 9.99. The zero-order chi connectivity index (χ0) is 8.55. The molecule has 3 nitrogen and oxygen atoms in total. The first kappa shape index (κ1) is 7.67. The van der Waals surface area contributed by atoms with Crippen molar-refractivity contribution in [3.05, 3.63) is 17.5 Å².